The number of nitrogens with zero attached hydrogens (tertiary/aromatic N) is 3. The fourth-order valence-electron chi connectivity index (χ4n) is 0.481. The molecule has 3 amide bonds. The first-order valence-corrected chi connectivity index (χ1v) is 3.34. The lowest BCUT2D eigenvalue weighted by Crippen LogP contribution is -2.33. The maximum atomic E-state index is 10.5. The van der Waals surface area contributed by atoms with Crippen LogP contribution in [0, 0.1) is 0 Å². The fourth-order valence-corrected chi connectivity index (χ4v) is 0.974. The summed E-state index contributed by atoms with van der Waals surface area (Å²) in [6.45, 7) is 0. The van der Waals surface area contributed by atoms with Crippen LogP contribution in [0.5, 0.6) is 0 Å². The lowest BCUT2D eigenvalue weighted by atomic mass is 10.7. The number of amides is 3. The minimum atomic E-state index is -0.842. The Morgan fingerprint density at radius 3 is 2.91 bits per heavy atom. The first kappa shape index (κ1) is 7.61. The number of nitrogens with two attached hydrogens (primary N) is 1. The Bertz CT molecular complexity index is 259. The second-order valence-corrected chi connectivity index (χ2v) is 2.33. The maximum Gasteiger partial charge on any atom is 0.326 e. The normalized spacial score (nSPS) is 9.09. The molecule has 0 bridgehead atoms. The zero-order valence-corrected chi connectivity index (χ0v) is 6.11. The number of carbonyl (C=O) groups is 2. The average molecular weight is 172 g/mol. The van der Waals surface area contributed by atoms with Gasteiger partial charge in [0.1, 0.15) is 5.00 Å². The molecule has 7 heteroatoms. The van der Waals surface area contributed by atoms with Crippen LogP contribution in [0.15, 0.2) is 6.20 Å². The summed E-state index contributed by atoms with van der Waals surface area (Å²) < 4.78 is 3.46. The summed E-state index contributed by atoms with van der Waals surface area (Å²) in [4.78, 5) is 21.4. The van der Waals surface area contributed by atoms with Crippen molar-refractivity contribution in [2.24, 2.45) is 5.73 Å². The highest BCUT2D eigenvalue weighted by Gasteiger charge is 2.12. The second-order valence-electron chi connectivity index (χ2n) is 1.57. The predicted octanol–water partition coefficient (Wildman–Crippen LogP) is -0.420. The van der Waals surface area contributed by atoms with E-state index in [9.17, 15) is 9.59 Å². The Morgan fingerprint density at radius 1 is 1.82 bits per heavy atom. The number of aromatic nitrogens is 2. The van der Waals surface area contributed by atoms with Gasteiger partial charge in [-0.1, -0.05) is 4.49 Å². The summed E-state index contributed by atoms with van der Waals surface area (Å²) in [5.41, 5.74) is 4.85. The molecular formula is C4H4N4O2S. The van der Waals surface area contributed by atoms with Crippen LogP contribution >= 0.6 is 11.5 Å². The molecule has 11 heavy (non-hydrogen) atoms. The van der Waals surface area contributed by atoms with E-state index in [-0.39, 0.29) is 0 Å². The first-order valence-electron chi connectivity index (χ1n) is 2.57. The van der Waals surface area contributed by atoms with Crippen LogP contribution in [0.1, 0.15) is 0 Å². The van der Waals surface area contributed by atoms with Crippen LogP contribution in [0.3, 0.4) is 0 Å². The van der Waals surface area contributed by atoms with Crippen LogP contribution in [-0.4, -0.2) is 22.0 Å². The second kappa shape index (κ2) is 3.06. The highest BCUT2D eigenvalue weighted by Crippen LogP contribution is 2.14. The summed E-state index contributed by atoms with van der Waals surface area (Å²) >= 11 is 0.917. The number of primary amides is 1. The molecule has 0 fully saturated rings. The lowest BCUT2D eigenvalue weighted by Gasteiger charge is -2.05. The molecule has 0 radical (unpaired) electrons. The molecule has 0 unspecified atom stereocenters. The molecule has 0 aliphatic rings. The van der Waals surface area contributed by atoms with Gasteiger partial charge in [-0.2, -0.15) is 0 Å². The van der Waals surface area contributed by atoms with E-state index in [1.54, 1.807) is 0 Å². The van der Waals surface area contributed by atoms with Gasteiger partial charge in [0.25, 0.3) is 0 Å². The molecule has 6 nitrogen and oxygen atoms in total. The van der Waals surface area contributed by atoms with Crippen LogP contribution in [-0.2, 0) is 4.79 Å². The van der Waals surface area contributed by atoms with Crippen molar-refractivity contribution in [3.05, 3.63) is 6.20 Å². The van der Waals surface area contributed by atoms with Crippen molar-refractivity contribution >= 4 is 29.0 Å². The Kier molecular flexibility index (Phi) is 2.12. The molecule has 2 N–H and O–H groups in total. The number of anilines is 1. The van der Waals surface area contributed by atoms with Gasteiger partial charge in [-0.25, -0.2) is 9.69 Å². The van der Waals surface area contributed by atoms with Crippen molar-refractivity contribution in [3.8, 4) is 0 Å². The van der Waals surface area contributed by atoms with E-state index in [4.69, 9.17) is 5.73 Å². The number of rotatable bonds is 2. The van der Waals surface area contributed by atoms with E-state index in [2.05, 4.69) is 9.59 Å². The highest BCUT2D eigenvalue weighted by molar-refractivity contribution is 7.10. The zero-order valence-electron chi connectivity index (χ0n) is 5.30. The van der Waals surface area contributed by atoms with Gasteiger partial charge in [0.05, 0.1) is 6.20 Å². The predicted molar refractivity (Wildman–Crippen MR) is 38.0 cm³/mol. The number of urea groups is 1. The molecule has 0 saturated carbocycles. The number of hydrogen-bond donors (Lipinski definition) is 1. The third kappa shape index (κ3) is 1.49. The molecular weight excluding hydrogens is 168 g/mol. The molecule has 0 aliphatic heterocycles. The largest absolute Gasteiger partial charge is 0.351 e. The van der Waals surface area contributed by atoms with E-state index in [1.165, 1.54) is 6.20 Å². The van der Waals surface area contributed by atoms with E-state index in [1.807, 2.05) is 0 Å². The van der Waals surface area contributed by atoms with Crippen molar-refractivity contribution in [3.63, 3.8) is 0 Å². The van der Waals surface area contributed by atoms with Gasteiger partial charge < -0.3 is 5.73 Å². The molecule has 1 aromatic rings. The molecule has 58 valence electrons. The van der Waals surface area contributed by atoms with Gasteiger partial charge in [-0.3, -0.25) is 4.79 Å². The van der Waals surface area contributed by atoms with Gasteiger partial charge in [0.2, 0.25) is 6.41 Å². The minimum absolute atomic E-state index is 0.313. The number of carbonyl (C=O) groups excluding carboxylic acids is 2. The Balaban J connectivity index is 2.88. The summed E-state index contributed by atoms with van der Waals surface area (Å²) in [5, 5.41) is 3.75. The molecule has 1 aromatic heterocycles. The standard InChI is InChI=1S/C4H4N4O2S/c5-4(10)8(2-9)3-1-6-7-11-3/h1-2H,(H2,5,10). The summed E-state index contributed by atoms with van der Waals surface area (Å²) in [7, 11) is 0. The summed E-state index contributed by atoms with van der Waals surface area (Å²) in [5.74, 6) is 0. The number of imide groups is 1. The first-order chi connectivity index (χ1) is 5.25. The fraction of sp³-hybridized carbons (Fsp3) is 0. The van der Waals surface area contributed by atoms with Crippen LogP contribution in [0.4, 0.5) is 9.80 Å². The maximum absolute atomic E-state index is 10.5. The topological polar surface area (TPSA) is 89.2 Å². The Labute approximate surface area is 65.8 Å². The third-order valence-corrected chi connectivity index (χ3v) is 1.60. The Hall–Kier alpha value is -1.50. The molecule has 0 aromatic carbocycles. The van der Waals surface area contributed by atoms with E-state index in [0.717, 1.165) is 16.4 Å². The molecule has 0 aliphatic carbocycles. The molecule has 0 spiro atoms. The number of hydrogen-bond acceptors (Lipinski definition) is 5. The lowest BCUT2D eigenvalue weighted by molar-refractivity contribution is -0.106. The van der Waals surface area contributed by atoms with Crippen LogP contribution in [0.2, 0.25) is 0 Å². The van der Waals surface area contributed by atoms with Crippen molar-refractivity contribution < 1.29 is 9.59 Å². The van der Waals surface area contributed by atoms with Crippen LogP contribution < -0.4 is 10.6 Å². The van der Waals surface area contributed by atoms with Gasteiger partial charge >= 0.3 is 6.03 Å². The molecule has 0 saturated heterocycles. The highest BCUT2D eigenvalue weighted by atomic mass is 32.1. The van der Waals surface area contributed by atoms with Crippen LogP contribution in [0.25, 0.3) is 0 Å². The van der Waals surface area contributed by atoms with E-state index >= 15 is 0 Å². The summed E-state index contributed by atoms with van der Waals surface area (Å²) in [6.07, 6.45) is 1.60. The van der Waals surface area contributed by atoms with Crippen molar-refractivity contribution in [2.45, 2.75) is 0 Å². The zero-order chi connectivity index (χ0) is 8.27. The Morgan fingerprint density at radius 2 is 2.55 bits per heavy atom. The van der Waals surface area contributed by atoms with E-state index < -0.39 is 6.03 Å². The van der Waals surface area contributed by atoms with E-state index in [0.29, 0.717) is 11.4 Å². The third-order valence-electron chi connectivity index (χ3n) is 0.930. The SMILES string of the molecule is NC(=O)N(C=O)c1cnns1. The van der Waals surface area contributed by atoms with Gasteiger partial charge in [-0.15, -0.1) is 5.10 Å². The average Bonchev–Trinajstić information content (AvgIpc) is 2.40. The molecule has 1 rings (SSSR count). The smallest absolute Gasteiger partial charge is 0.326 e. The minimum Gasteiger partial charge on any atom is -0.351 e. The van der Waals surface area contributed by atoms with Crippen molar-refractivity contribution in [1.82, 2.24) is 9.59 Å². The van der Waals surface area contributed by atoms with Gasteiger partial charge in [0.15, 0.2) is 0 Å². The van der Waals surface area contributed by atoms with Crippen molar-refractivity contribution in [1.29, 1.82) is 0 Å². The van der Waals surface area contributed by atoms with Gasteiger partial charge in [0, 0.05) is 11.5 Å². The quantitative estimate of drug-likeness (QED) is 0.613. The monoisotopic (exact) mass is 172 g/mol. The van der Waals surface area contributed by atoms with Crippen molar-refractivity contribution in [2.75, 3.05) is 4.90 Å². The summed E-state index contributed by atoms with van der Waals surface area (Å²) in [6, 6.07) is -0.842. The van der Waals surface area contributed by atoms with Gasteiger partial charge in [-0.05, 0) is 0 Å². The molecule has 1 heterocycles. The molecule has 0 atom stereocenters.